The molecule has 10 heteroatoms. The van der Waals surface area contributed by atoms with Crippen LogP contribution in [0.5, 0.6) is 5.75 Å². The number of ether oxygens (including phenoxy) is 1. The molecule has 0 saturated heterocycles. The van der Waals surface area contributed by atoms with Crippen LogP contribution >= 0.6 is 11.6 Å². The molecule has 0 radical (unpaired) electrons. The summed E-state index contributed by atoms with van der Waals surface area (Å²) >= 11 is 6.47. The normalized spacial score (nSPS) is 14.3. The van der Waals surface area contributed by atoms with Gasteiger partial charge in [0.1, 0.15) is 18.3 Å². The molecule has 1 unspecified atom stereocenters. The van der Waals surface area contributed by atoms with E-state index in [0.29, 0.717) is 22.8 Å². The lowest BCUT2D eigenvalue weighted by Crippen LogP contribution is -2.53. The van der Waals surface area contributed by atoms with Crippen LogP contribution < -0.4 is 14.4 Å². The van der Waals surface area contributed by atoms with E-state index >= 15 is 0 Å². The van der Waals surface area contributed by atoms with Crippen LogP contribution in [0.2, 0.25) is 5.02 Å². The van der Waals surface area contributed by atoms with Crippen molar-refractivity contribution in [2.75, 3.05) is 18.0 Å². The number of hydrogen-bond acceptors (Lipinski definition) is 5. The van der Waals surface area contributed by atoms with Gasteiger partial charge in [0.15, 0.2) is 0 Å². The number of rotatable bonds is 12. The molecule has 41 heavy (non-hydrogen) atoms. The minimum atomic E-state index is -4.16. The minimum Gasteiger partial charge on any atom is -0.497 e. The van der Waals surface area contributed by atoms with Crippen LogP contribution in [-0.2, 0) is 26.2 Å². The molecular formula is C31H36ClN3O5S. The number of amides is 2. The van der Waals surface area contributed by atoms with E-state index < -0.39 is 28.5 Å². The van der Waals surface area contributed by atoms with E-state index in [1.165, 1.54) is 24.1 Å². The summed E-state index contributed by atoms with van der Waals surface area (Å²) in [5.41, 5.74) is 0.927. The predicted octanol–water partition coefficient (Wildman–Crippen LogP) is 5.41. The molecule has 3 aromatic carbocycles. The molecule has 0 spiro atoms. The van der Waals surface area contributed by atoms with Gasteiger partial charge < -0.3 is 15.0 Å². The maximum atomic E-state index is 14.2. The van der Waals surface area contributed by atoms with Crippen LogP contribution in [0.1, 0.15) is 44.6 Å². The summed E-state index contributed by atoms with van der Waals surface area (Å²) in [7, 11) is -2.67. The van der Waals surface area contributed by atoms with Crippen LogP contribution in [0.25, 0.3) is 0 Å². The molecule has 1 saturated carbocycles. The van der Waals surface area contributed by atoms with Gasteiger partial charge in [-0.25, -0.2) is 8.42 Å². The van der Waals surface area contributed by atoms with Crippen molar-refractivity contribution in [1.29, 1.82) is 0 Å². The Hall–Kier alpha value is -3.56. The lowest BCUT2D eigenvalue weighted by molar-refractivity contribution is -0.140. The number of nitrogens with zero attached hydrogens (tertiary/aromatic N) is 2. The Morgan fingerprint density at radius 2 is 1.68 bits per heavy atom. The SMILES string of the molecule is CCC(C(=O)NC1CCCC1)N(Cc1ccccc1Cl)C(=O)CN(c1cccc(OC)c1)S(=O)(=O)c1ccccc1. The average Bonchev–Trinajstić information content (AvgIpc) is 3.50. The van der Waals surface area contributed by atoms with Gasteiger partial charge in [-0.3, -0.25) is 13.9 Å². The molecular weight excluding hydrogens is 562 g/mol. The van der Waals surface area contributed by atoms with Gasteiger partial charge >= 0.3 is 0 Å². The van der Waals surface area contributed by atoms with Gasteiger partial charge in [0.25, 0.3) is 10.0 Å². The van der Waals surface area contributed by atoms with Gasteiger partial charge in [-0.05, 0) is 55.2 Å². The van der Waals surface area contributed by atoms with Gasteiger partial charge in [-0.15, -0.1) is 0 Å². The summed E-state index contributed by atoms with van der Waals surface area (Å²) in [4.78, 5) is 29.2. The number of anilines is 1. The van der Waals surface area contributed by atoms with Gasteiger partial charge in [0.2, 0.25) is 11.8 Å². The minimum absolute atomic E-state index is 0.0410. The zero-order chi connectivity index (χ0) is 29.4. The molecule has 4 rings (SSSR count). The van der Waals surface area contributed by atoms with Gasteiger partial charge in [0.05, 0.1) is 17.7 Å². The highest BCUT2D eigenvalue weighted by Gasteiger charge is 2.34. The van der Waals surface area contributed by atoms with Crippen molar-refractivity contribution in [2.24, 2.45) is 0 Å². The molecule has 0 heterocycles. The van der Waals surface area contributed by atoms with Crippen LogP contribution in [0.4, 0.5) is 5.69 Å². The molecule has 1 aliphatic carbocycles. The summed E-state index contributed by atoms with van der Waals surface area (Å²) in [5, 5.41) is 3.56. The Morgan fingerprint density at radius 3 is 2.34 bits per heavy atom. The Kier molecular flexibility index (Phi) is 10.3. The fourth-order valence-corrected chi connectivity index (χ4v) is 6.73. The number of hydrogen-bond donors (Lipinski definition) is 1. The maximum Gasteiger partial charge on any atom is 0.264 e. The number of sulfonamides is 1. The van der Waals surface area contributed by atoms with Crippen LogP contribution in [0, 0.1) is 0 Å². The Morgan fingerprint density at radius 1 is 1.00 bits per heavy atom. The van der Waals surface area contributed by atoms with Crippen molar-refractivity contribution in [1.82, 2.24) is 10.2 Å². The van der Waals surface area contributed by atoms with E-state index in [9.17, 15) is 18.0 Å². The van der Waals surface area contributed by atoms with E-state index in [0.717, 1.165) is 30.0 Å². The second kappa shape index (κ2) is 13.9. The second-order valence-corrected chi connectivity index (χ2v) is 12.3. The zero-order valence-corrected chi connectivity index (χ0v) is 24.9. The second-order valence-electron chi connectivity index (χ2n) is 10.1. The van der Waals surface area contributed by atoms with Crippen LogP contribution in [-0.4, -0.2) is 50.9 Å². The quantitative estimate of drug-likeness (QED) is 0.301. The highest BCUT2D eigenvalue weighted by molar-refractivity contribution is 7.92. The molecule has 1 N–H and O–H groups in total. The third kappa shape index (κ3) is 7.40. The molecule has 0 bridgehead atoms. The molecule has 8 nitrogen and oxygen atoms in total. The van der Waals surface area contributed by atoms with Crippen LogP contribution in [0.3, 0.4) is 0 Å². The molecule has 0 aliphatic heterocycles. The van der Waals surface area contributed by atoms with Crippen molar-refractivity contribution in [3.63, 3.8) is 0 Å². The number of nitrogens with one attached hydrogen (secondary N) is 1. The lowest BCUT2D eigenvalue weighted by atomic mass is 10.1. The number of halogens is 1. The van der Waals surface area contributed by atoms with E-state index in [1.807, 2.05) is 13.0 Å². The smallest absolute Gasteiger partial charge is 0.264 e. The topological polar surface area (TPSA) is 96.0 Å². The molecule has 218 valence electrons. The summed E-state index contributed by atoms with van der Waals surface area (Å²) < 4.78 is 34.2. The molecule has 1 atom stereocenters. The monoisotopic (exact) mass is 597 g/mol. The Bertz CT molecular complexity index is 1440. The third-order valence-corrected chi connectivity index (χ3v) is 9.49. The standard InChI is InChI=1S/C31H36ClN3O5S/c1-3-29(31(37)33-24-13-8-9-14-24)34(21-23-12-7-10-19-28(23)32)30(36)22-35(25-15-11-16-26(20-25)40-2)41(38,39)27-17-5-4-6-18-27/h4-7,10-12,15-20,24,29H,3,8-9,13-14,21-22H2,1-2H3,(H,33,37). The van der Waals surface area contributed by atoms with Gasteiger partial charge in [-0.2, -0.15) is 0 Å². The largest absolute Gasteiger partial charge is 0.497 e. The molecule has 2 amide bonds. The van der Waals surface area contributed by atoms with Crippen molar-refractivity contribution in [2.45, 2.75) is 62.6 Å². The average molecular weight is 598 g/mol. The molecule has 1 fully saturated rings. The predicted molar refractivity (Wildman–Crippen MR) is 160 cm³/mol. The number of carbonyl (C=O) groups is 2. The summed E-state index contributed by atoms with van der Waals surface area (Å²) in [5.74, 6) is -0.335. The number of carbonyl (C=O) groups excluding carboxylic acids is 2. The van der Waals surface area contributed by atoms with Gasteiger partial charge in [-0.1, -0.05) is 73.8 Å². The highest BCUT2D eigenvalue weighted by Crippen LogP contribution is 2.28. The maximum absolute atomic E-state index is 14.2. The van der Waals surface area contributed by atoms with Crippen molar-refractivity contribution in [3.05, 3.63) is 89.4 Å². The van der Waals surface area contributed by atoms with E-state index in [-0.39, 0.29) is 29.1 Å². The first-order valence-electron chi connectivity index (χ1n) is 13.8. The third-order valence-electron chi connectivity index (χ3n) is 7.34. The van der Waals surface area contributed by atoms with E-state index in [4.69, 9.17) is 16.3 Å². The van der Waals surface area contributed by atoms with Crippen molar-refractivity contribution < 1.29 is 22.7 Å². The summed E-state index contributed by atoms with van der Waals surface area (Å²) in [6, 6.07) is 20.9. The van der Waals surface area contributed by atoms with E-state index in [1.54, 1.807) is 60.7 Å². The fourth-order valence-electron chi connectivity index (χ4n) is 5.11. The molecule has 1 aliphatic rings. The van der Waals surface area contributed by atoms with E-state index in [2.05, 4.69) is 5.32 Å². The first-order valence-corrected chi connectivity index (χ1v) is 15.6. The Labute approximate surface area is 247 Å². The molecule has 3 aromatic rings. The van der Waals surface area contributed by atoms with Crippen molar-refractivity contribution >= 4 is 39.1 Å². The number of benzene rings is 3. The van der Waals surface area contributed by atoms with Crippen molar-refractivity contribution in [3.8, 4) is 5.75 Å². The molecule has 0 aromatic heterocycles. The zero-order valence-electron chi connectivity index (χ0n) is 23.3. The summed E-state index contributed by atoms with van der Waals surface area (Å²) in [6.45, 7) is 1.36. The highest BCUT2D eigenvalue weighted by atomic mass is 35.5. The first kappa shape index (κ1) is 30.4. The first-order chi connectivity index (χ1) is 19.7. The summed E-state index contributed by atoms with van der Waals surface area (Å²) in [6.07, 6.45) is 4.26. The van der Waals surface area contributed by atoms with Crippen LogP contribution in [0.15, 0.2) is 83.8 Å². The lowest BCUT2D eigenvalue weighted by Gasteiger charge is -2.34. The van der Waals surface area contributed by atoms with Gasteiger partial charge in [0, 0.05) is 23.7 Å². The number of methoxy groups -OCH3 is 1. The Balaban J connectivity index is 1.73. The fraction of sp³-hybridized carbons (Fsp3) is 0.355.